The first-order chi connectivity index (χ1) is 10.5. The summed E-state index contributed by atoms with van der Waals surface area (Å²) in [6.45, 7) is 2.00. The Kier molecular flexibility index (Phi) is 2.32. The van der Waals surface area contributed by atoms with Crippen molar-refractivity contribution < 1.29 is 9.59 Å². The number of carbonyl (C=O) groups excluding carboxylic acids is 2. The number of fused-ring (bicyclic) bond motifs is 3. The van der Waals surface area contributed by atoms with Crippen LogP contribution in [-0.2, 0) is 9.59 Å². The van der Waals surface area contributed by atoms with Crippen molar-refractivity contribution >= 4 is 33.4 Å². The molecular formula is C18H16BrNO2. The van der Waals surface area contributed by atoms with E-state index in [-0.39, 0.29) is 40.9 Å². The van der Waals surface area contributed by atoms with Crippen LogP contribution in [0.2, 0.25) is 0 Å². The summed E-state index contributed by atoms with van der Waals surface area (Å²) in [5.41, 5.74) is 2.06. The van der Waals surface area contributed by atoms with Gasteiger partial charge in [0.25, 0.3) is 0 Å². The lowest BCUT2D eigenvalue weighted by atomic mass is 9.85. The van der Waals surface area contributed by atoms with Crippen molar-refractivity contribution in [2.24, 2.45) is 29.1 Å². The normalized spacial score (nSPS) is 36.5. The molecule has 3 fully saturated rings. The van der Waals surface area contributed by atoms with E-state index in [0.29, 0.717) is 5.69 Å². The number of hydrogen-bond acceptors (Lipinski definition) is 2. The van der Waals surface area contributed by atoms with E-state index in [2.05, 4.69) is 28.1 Å². The maximum atomic E-state index is 13.0. The molecule has 3 nitrogen and oxygen atoms in total. The summed E-state index contributed by atoms with van der Waals surface area (Å²) < 4.78 is 0.933. The largest absolute Gasteiger partial charge is 0.274 e. The second kappa shape index (κ2) is 3.91. The average Bonchev–Trinajstić information content (AvgIpc) is 3.08. The van der Waals surface area contributed by atoms with Crippen molar-refractivity contribution in [1.29, 1.82) is 0 Å². The van der Waals surface area contributed by atoms with Crippen LogP contribution in [-0.4, -0.2) is 11.8 Å². The van der Waals surface area contributed by atoms with Crippen LogP contribution < -0.4 is 4.90 Å². The summed E-state index contributed by atoms with van der Waals surface area (Å²) in [6, 6.07) is 5.71. The zero-order valence-corrected chi connectivity index (χ0v) is 13.8. The maximum absolute atomic E-state index is 13.0. The smallest absolute Gasteiger partial charge is 0.238 e. The molecule has 0 N–H and O–H groups in total. The second-order valence-corrected chi connectivity index (χ2v) is 8.02. The molecule has 0 unspecified atom stereocenters. The van der Waals surface area contributed by atoms with Gasteiger partial charge in [0, 0.05) is 4.47 Å². The number of nitrogens with zero attached hydrogens (tertiary/aromatic N) is 1. The lowest BCUT2D eigenvalue weighted by Gasteiger charge is -2.22. The van der Waals surface area contributed by atoms with Gasteiger partial charge in [-0.25, -0.2) is 4.90 Å². The first kappa shape index (κ1) is 13.1. The van der Waals surface area contributed by atoms with Crippen LogP contribution in [0.1, 0.15) is 18.4 Å². The number of rotatable bonds is 1. The van der Waals surface area contributed by atoms with Gasteiger partial charge in [0.2, 0.25) is 11.8 Å². The highest BCUT2D eigenvalue weighted by Crippen LogP contribution is 2.73. The van der Waals surface area contributed by atoms with Crippen molar-refractivity contribution in [2.75, 3.05) is 4.90 Å². The average molecular weight is 358 g/mol. The van der Waals surface area contributed by atoms with Gasteiger partial charge in [-0.1, -0.05) is 34.1 Å². The van der Waals surface area contributed by atoms with Gasteiger partial charge in [0.05, 0.1) is 17.5 Å². The highest BCUT2D eigenvalue weighted by Gasteiger charge is 2.73. The Morgan fingerprint density at radius 3 is 2.18 bits per heavy atom. The molecule has 3 aliphatic carbocycles. The van der Waals surface area contributed by atoms with Crippen molar-refractivity contribution in [2.45, 2.75) is 19.8 Å². The molecule has 4 aliphatic rings. The highest BCUT2D eigenvalue weighted by atomic mass is 79.9. The second-order valence-electron chi connectivity index (χ2n) is 7.17. The number of hydrogen-bond donors (Lipinski definition) is 0. The van der Waals surface area contributed by atoms with Gasteiger partial charge in [-0.15, -0.1) is 0 Å². The molecule has 5 rings (SSSR count). The third-order valence-corrected chi connectivity index (χ3v) is 7.12. The maximum Gasteiger partial charge on any atom is 0.238 e. The summed E-state index contributed by atoms with van der Waals surface area (Å²) in [5, 5.41) is 0. The van der Waals surface area contributed by atoms with E-state index in [1.54, 1.807) is 0 Å². The minimum Gasteiger partial charge on any atom is -0.274 e. The van der Waals surface area contributed by atoms with E-state index >= 15 is 0 Å². The van der Waals surface area contributed by atoms with Crippen LogP contribution in [0.4, 0.5) is 5.69 Å². The Labute approximate surface area is 137 Å². The van der Waals surface area contributed by atoms with Crippen LogP contribution in [0, 0.1) is 36.0 Å². The molecule has 1 saturated heterocycles. The molecule has 0 radical (unpaired) electrons. The van der Waals surface area contributed by atoms with E-state index in [1.807, 2.05) is 25.1 Å². The van der Waals surface area contributed by atoms with E-state index < -0.39 is 0 Å². The fraction of sp³-hybridized carbons (Fsp3) is 0.444. The third kappa shape index (κ3) is 1.34. The topological polar surface area (TPSA) is 37.4 Å². The zero-order valence-electron chi connectivity index (χ0n) is 12.3. The van der Waals surface area contributed by atoms with Gasteiger partial charge < -0.3 is 0 Å². The van der Waals surface area contributed by atoms with E-state index in [0.717, 1.165) is 10.0 Å². The molecule has 2 amide bonds. The summed E-state index contributed by atoms with van der Waals surface area (Å²) in [5.74, 6) is 0.355. The van der Waals surface area contributed by atoms with Crippen LogP contribution in [0.5, 0.6) is 0 Å². The standard InChI is InChI=1S/C18H16BrNO2/c1-9-2-3-10(8-13(9)19)20-16(21)14-11-4-5-12(15(14)17(20)22)18(11)6-7-18/h2-5,8,11-12,14-15H,6-7H2,1H3/t11-,12+,14+,15-. The fourth-order valence-electron chi connectivity index (χ4n) is 5.05. The predicted octanol–water partition coefficient (Wildman–Crippen LogP) is 3.46. The van der Waals surface area contributed by atoms with E-state index in [1.165, 1.54) is 17.7 Å². The summed E-state index contributed by atoms with van der Waals surface area (Å²) in [7, 11) is 0. The highest BCUT2D eigenvalue weighted by molar-refractivity contribution is 9.10. The minimum absolute atomic E-state index is 0.00822. The lowest BCUT2D eigenvalue weighted by molar-refractivity contribution is -0.123. The molecule has 1 aromatic rings. The summed E-state index contributed by atoms with van der Waals surface area (Å²) in [4.78, 5) is 27.3. The molecule has 112 valence electrons. The first-order valence-corrected chi connectivity index (χ1v) is 8.66. The van der Waals surface area contributed by atoms with Gasteiger partial charge in [-0.3, -0.25) is 9.59 Å². The monoisotopic (exact) mass is 357 g/mol. The quantitative estimate of drug-likeness (QED) is 0.570. The van der Waals surface area contributed by atoms with Crippen LogP contribution in [0.3, 0.4) is 0 Å². The number of halogens is 1. The zero-order chi connectivity index (χ0) is 15.2. The van der Waals surface area contributed by atoms with Crippen LogP contribution >= 0.6 is 15.9 Å². The number of anilines is 1. The Morgan fingerprint density at radius 2 is 1.68 bits per heavy atom. The van der Waals surface area contributed by atoms with E-state index in [4.69, 9.17) is 0 Å². The number of carbonyl (C=O) groups is 2. The van der Waals surface area contributed by atoms with Crippen LogP contribution in [0.15, 0.2) is 34.8 Å². The Morgan fingerprint density at radius 1 is 1.09 bits per heavy atom. The summed E-state index contributed by atoms with van der Waals surface area (Å²) >= 11 is 3.50. The molecular weight excluding hydrogens is 342 g/mol. The molecule has 1 heterocycles. The fourth-order valence-corrected chi connectivity index (χ4v) is 5.42. The molecule has 1 aromatic carbocycles. The predicted molar refractivity (Wildman–Crippen MR) is 86.1 cm³/mol. The van der Waals surface area contributed by atoms with Gasteiger partial charge in [0.1, 0.15) is 0 Å². The van der Waals surface area contributed by atoms with Crippen molar-refractivity contribution in [3.63, 3.8) is 0 Å². The number of amides is 2. The van der Waals surface area contributed by atoms with Crippen molar-refractivity contribution in [3.8, 4) is 0 Å². The Bertz CT molecular complexity index is 730. The van der Waals surface area contributed by atoms with Crippen molar-refractivity contribution in [3.05, 3.63) is 40.4 Å². The number of benzene rings is 1. The molecule has 1 spiro atoms. The summed E-state index contributed by atoms with van der Waals surface area (Å²) in [6.07, 6.45) is 6.77. The third-order valence-electron chi connectivity index (χ3n) is 6.27. The molecule has 0 aromatic heterocycles. The lowest BCUT2D eigenvalue weighted by Crippen LogP contribution is -2.34. The molecule has 22 heavy (non-hydrogen) atoms. The van der Waals surface area contributed by atoms with Crippen molar-refractivity contribution in [1.82, 2.24) is 0 Å². The van der Waals surface area contributed by atoms with Gasteiger partial charge in [0.15, 0.2) is 0 Å². The van der Waals surface area contributed by atoms with E-state index in [9.17, 15) is 9.59 Å². The van der Waals surface area contributed by atoms with Gasteiger partial charge in [-0.05, 0) is 54.7 Å². The van der Waals surface area contributed by atoms with Crippen LogP contribution in [0.25, 0.3) is 0 Å². The molecule has 4 atom stereocenters. The number of allylic oxidation sites excluding steroid dienone is 2. The Hall–Kier alpha value is -1.42. The first-order valence-electron chi connectivity index (χ1n) is 7.87. The molecule has 2 saturated carbocycles. The number of imide groups is 1. The molecule has 4 heteroatoms. The van der Waals surface area contributed by atoms with Gasteiger partial charge >= 0.3 is 0 Å². The SMILES string of the molecule is Cc1ccc(N2C(=O)[C@@H]3[C@H](C2=O)[C@@H]2C=C[C@H]3C23CC3)cc1Br. The molecule has 1 aliphatic heterocycles. The minimum atomic E-state index is -0.120. The Balaban J connectivity index is 1.57. The molecule has 2 bridgehead atoms. The number of aryl methyl sites for hydroxylation is 1. The van der Waals surface area contributed by atoms with Gasteiger partial charge in [-0.2, -0.15) is 0 Å².